The number of nitrogens with one attached hydrogen (secondary N) is 1. The number of likely N-dealkylation sites (N-methyl/N-ethyl adjacent to an activating group) is 1. The summed E-state index contributed by atoms with van der Waals surface area (Å²) in [6.07, 6.45) is 3.89. The number of nitrogens with zero attached hydrogens (tertiary/aromatic N) is 2. The van der Waals surface area contributed by atoms with Crippen LogP contribution in [0.2, 0.25) is 5.02 Å². The number of rotatable bonds is 12. The molecule has 2 amide bonds. The number of halogens is 1. The zero-order valence-electron chi connectivity index (χ0n) is 19.3. The molecule has 1 atom stereocenters. The lowest BCUT2D eigenvalue weighted by Crippen LogP contribution is -2.47. The molecule has 33 heavy (non-hydrogen) atoms. The van der Waals surface area contributed by atoms with Crippen molar-refractivity contribution >= 4 is 33.4 Å². The normalized spacial score (nSPS) is 12.4. The highest BCUT2D eigenvalue weighted by Gasteiger charge is 2.32. The fourth-order valence-electron chi connectivity index (χ4n) is 3.30. The maximum atomic E-state index is 13.4. The summed E-state index contributed by atoms with van der Waals surface area (Å²) in [5.41, 5.74) is 1.42. The average molecular weight is 494 g/mol. The Balaban J connectivity index is 2.42. The second-order valence-corrected chi connectivity index (χ2v) is 10.5. The van der Waals surface area contributed by atoms with Gasteiger partial charge >= 0.3 is 0 Å². The molecule has 0 saturated heterocycles. The van der Waals surface area contributed by atoms with Crippen LogP contribution in [0.5, 0.6) is 0 Å². The first-order valence-corrected chi connectivity index (χ1v) is 13.1. The van der Waals surface area contributed by atoms with E-state index in [9.17, 15) is 18.0 Å². The average Bonchev–Trinajstić information content (AvgIpc) is 2.77. The van der Waals surface area contributed by atoms with Crippen molar-refractivity contribution in [2.75, 3.05) is 26.4 Å². The summed E-state index contributed by atoms with van der Waals surface area (Å²) in [5, 5.41) is 3.50. The van der Waals surface area contributed by atoms with Crippen LogP contribution in [-0.4, -0.2) is 55.8 Å². The van der Waals surface area contributed by atoms with Crippen molar-refractivity contribution in [2.24, 2.45) is 0 Å². The lowest BCUT2D eigenvalue weighted by atomic mass is 10.0. The zero-order valence-corrected chi connectivity index (χ0v) is 20.9. The van der Waals surface area contributed by atoms with E-state index in [1.54, 1.807) is 48.5 Å². The molecule has 2 aromatic carbocycles. The maximum absolute atomic E-state index is 13.4. The van der Waals surface area contributed by atoms with Gasteiger partial charge in [-0.05, 0) is 29.7 Å². The fourth-order valence-corrected chi connectivity index (χ4v) is 3.77. The summed E-state index contributed by atoms with van der Waals surface area (Å²) in [6.45, 7) is 2.33. The van der Waals surface area contributed by atoms with Crippen molar-refractivity contribution in [2.45, 2.75) is 38.8 Å². The number of amides is 2. The molecule has 0 spiro atoms. The topological polar surface area (TPSA) is 86.8 Å². The Hall–Kier alpha value is -2.42. The first-order valence-electron chi connectivity index (χ1n) is 10.9. The summed E-state index contributed by atoms with van der Waals surface area (Å²) in [5.74, 6) is -0.780. The predicted molar refractivity (Wildman–Crippen MR) is 131 cm³/mol. The van der Waals surface area contributed by atoms with Gasteiger partial charge in [0.15, 0.2) is 0 Å². The molecule has 9 heteroatoms. The van der Waals surface area contributed by atoms with Crippen molar-refractivity contribution in [3.8, 4) is 0 Å². The monoisotopic (exact) mass is 493 g/mol. The highest BCUT2D eigenvalue weighted by Crippen LogP contribution is 2.25. The minimum Gasteiger partial charge on any atom is -0.354 e. The molecule has 0 fully saturated rings. The number of hydrogen-bond acceptors (Lipinski definition) is 4. The molecule has 180 valence electrons. The molecule has 0 aliphatic rings. The van der Waals surface area contributed by atoms with E-state index in [1.165, 1.54) is 11.9 Å². The molecule has 0 aromatic heterocycles. The number of sulfonamides is 1. The Kier molecular flexibility index (Phi) is 10.3. The van der Waals surface area contributed by atoms with E-state index >= 15 is 0 Å². The van der Waals surface area contributed by atoms with E-state index in [2.05, 4.69) is 12.2 Å². The van der Waals surface area contributed by atoms with Crippen LogP contribution in [-0.2, 0) is 26.2 Å². The molecule has 2 rings (SSSR count). The Labute approximate surface area is 201 Å². The van der Waals surface area contributed by atoms with Gasteiger partial charge in [0.25, 0.3) is 0 Å². The minimum absolute atomic E-state index is 0.121. The second-order valence-electron chi connectivity index (χ2n) is 7.98. The molecule has 7 nitrogen and oxygen atoms in total. The van der Waals surface area contributed by atoms with Crippen molar-refractivity contribution in [3.05, 3.63) is 70.7 Å². The number of hydrogen-bond donors (Lipinski definition) is 1. The molecule has 0 aliphatic heterocycles. The van der Waals surface area contributed by atoms with E-state index in [1.807, 2.05) is 6.07 Å². The Morgan fingerprint density at radius 3 is 2.24 bits per heavy atom. The molecule has 0 radical (unpaired) electrons. The molecule has 0 aliphatic carbocycles. The summed E-state index contributed by atoms with van der Waals surface area (Å²) >= 11 is 6.00. The number of unbranched alkanes of at least 4 members (excludes halogenated alkanes) is 2. The van der Waals surface area contributed by atoms with E-state index in [0.29, 0.717) is 17.1 Å². The number of carbonyl (C=O) groups is 2. The summed E-state index contributed by atoms with van der Waals surface area (Å²) in [7, 11) is -2.23. The van der Waals surface area contributed by atoms with E-state index in [0.717, 1.165) is 35.4 Å². The lowest BCUT2D eigenvalue weighted by molar-refractivity contribution is -0.141. The SMILES string of the molecule is CCCCCNC(=O)[C@H](c1ccccc1)N(Cc1ccc(Cl)cc1)C(=O)CN(C)S(C)(=O)=O. The number of benzene rings is 2. The molecular weight excluding hydrogens is 462 g/mol. The van der Waals surface area contributed by atoms with Crippen LogP contribution in [0.4, 0.5) is 0 Å². The van der Waals surface area contributed by atoms with Crippen LogP contribution in [0.3, 0.4) is 0 Å². The fraction of sp³-hybridized carbons (Fsp3) is 0.417. The molecule has 2 aromatic rings. The minimum atomic E-state index is -3.57. The smallest absolute Gasteiger partial charge is 0.247 e. The zero-order chi connectivity index (χ0) is 24.4. The molecule has 0 heterocycles. The van der Waals surface area contributed by atoms with Gasteiger partial charge in [0.1, 0.15) is 6.04 Å². The van der Waals surface area contributed by atoms with Crippen LogP contribution in [0.25, 0.3) is 0 Å². The maximum Gasteiger partial charge on any atom is 0.247 e. The van der Waals surface area contributed by atoms with Gasteiger partial charge in [-0.3, -0.25) is 9.59 Å². The van der Waals surface area contributed by atoms with Crippen molar-refractivity contribution < 1.29 is 18.0 Å². The molecule has 1 N–H and O–H groups in total. The summed E-state index contributed by atoms with van der Waals surface area (Å²) in [4.78, 5) is 28.1. The van der Waals surface area contributed by atoms with E-state index < -0.39 is 22.0 Å². The third-order valence-corrected chi connectivity index (χ3v) is 6.78. The Morgan fingerprint density at radius 1 is 1.03 bits per heavy atom. The van der Waals surface area contributed by atoms with Gasteiger partial charge in [-0.15, -0.1) is 0 Å². The largest absolute Gasteiger partial charge is 0.354 e. The van der Waals surface area contributed by atoms with Gasteiger partial charge in [0, 0.05) is 25.2 Å². The van der Waals surface area contributed by atoms with E-state index in [4.69, 9.17) is 11.6 Å². The van der Waals surface area contributed by atoms with Crippen molar-refractivity contribution in [1.82, 2.24) is 14.5 Å². The second kappa shape index (κ2) is 12.7. The van der Waals surface area contributed by atoms with Gasteiger partial charge in [-0.2, -0.15) is 4.31 Å². The van der Waals surface area contributed by atoms with Gasteiger partial charge in [0.2, 0.25) is 21.8 Å². The van der Waals surface area contributed by atoms with E-state index in [-0.39, 0.29) is 19.0 Å². The highest BCUT2D eigenvalue weighted by atomic mass is 35.5. The third kappa shape index (κ3) is 8.46. The van der Waals surface area contributed by atoms with Gasteiger partial charge in [-0.1, -0.05) is 73.8 Å². The molecular formula is C24H32ClN3O4S. The molecule has 0 unspecified atom stereocenters. The first-order chi connectivity index (χ1) is 15.6. The predicted octanol–water partition coefficient (Wildman–Crippen LogP) is 3.61. The quantitative estimate of drug-likeness (QED) is 0.457. The summed E-state index contributed by atoms with van der Waals surface area (Å²) in [6, 6.07) is 15.1. The van der Waals surface area contributed by atoms with Gasteiger partial charge in [-0.25, -0.2) is 8.42 Å². The first kappa shape index (κ1) is 26.8. The van der Waals surface area contributed by atoms with Crippen LogP contribution in [0.1, 0.15) is 43.4 Å². The van der Waals surface area contributed by atoms with Crippen molar-refractivity contribution in [3.63, 3.8) is 0 Å². The lowest BCUT2D eigenvalue weighted by Gasteiger charge is -2.32. The Bertz CT molecular complexity index is 1010. The van der Waals surface area contributed by atoms with Gasteiger partial charge < -0.3 is 10.2 Å². The summed E-state index contributed by atoms with van der Waals surface area (Å²) < 4.78 is 24.8. The standard InChI is InChI=1S/C24H32ClN3O4S/c1-4-5-9-16-26-24(30)23(20-10-7-6-8-11-20)28(17-19-12-14-21(25)15-13-19)22(29)18-27(2)33(3,31)32/h6-8,10-15,23H,4-5,9,16-18H2,1-3H3,(H,26,30)/t23-/m0/s1. The van der Waals surface area contributed by atoms with Crippen LogP contribution in [0, 0.1) is 0 Å². The number of carbonyl (C=O) groups excluding carboxylic acids is 2. The van der Waals surface area contributed by atoms with Crippen LogP contribution >= 0.6 is 11.6 Å². The molecule has 0 saturated carbocycles. The van der Waals surface area contributed by atoms with Crippen LogP contribution < -0.4 is 5.32 Å². The third-order valence-electron chi connectivity index (χ3n) is 5.27. The van der Waals surface area contributed by atoms with Crippen LogP contribution in [0.15, 0.2) is 54.6 Å². The van der Waals surface area contributed by atoms with Gasteiger partial charge in [0.05, 0.1) is 12.8 Å². The molecule has 0 bridgehead atoms. The van der Waals surface area contributed by atoms with Crippen molar-refractivity contribution in [1.29, 1.82) is 0 Å². The Morgan fingerprint density at radius 2 is 1.67 bits per heavy atom. The highest BCUT2D eigenvalue weighted by molar-refractivity contribution is 7.88.